The van der Waals surface area contributed by atoms with Crippen molar-refractivity contribution in [3.8, 4) is 0 Å². The number of nitrogens with zero attached hydrogens (tertiary/aromatic N) is 1. The monoisotopic (exact) mass is 457 g/mol. The van der Waals surface area contributed by atoms with Gasteiger partial charge in [-0.15, -0.1) is 0 Å². The van der Waals surface area contributed by atoms with Gasteiger partial charge in [0.25, 0.3) is 5.91 Å². The Hall–Kier alpha value is -2.85. The number of rotatable bonds is 9. The number of hydrogen-bond donors (Lipinski definition) is 3. The summed E-state index contributed by atoms with van der Waals surface area (Å²) in [6.07, 6.45) is -3.55. The lowest BCUT2D eigenvalue weighted by Crippen LogP contribution is -2.52. The van der Waals surface area contributed by atoms with Crippen LogP contribution in [0.3, 0.4) is 0 Å². The Morgan fingerprint density at radius 1 is 1.23 bits per heavy atom. The first kappa shape index (κ1) is 24.4. The largest absolute Gasteiger partial charge is 0.481 e. The van der Waals surface area contributed by atoms with Gasteiger partial charge < -0.3 is 20.7 Å². The number of ketones is 2. The van der Waals surface area contributed by atoms with Gasteiger partial charge in [0.15, 0.2) is 11.6 Å². The number of carbonyl (C=O) groups excluding carboxylic acids is 3. The number of aliphatic carboxylic acids is 1. The van der Waals surface area contributed by atoms with E-state index in [1.807, 2.05) is 0 Å². The molecule has 8 nitrogen and oxygen atoms in total. The fraction of sp³-hybridized carbons (Fsp3) is 0.400. The van der Waals surface area contributed by atoms with Crippen LogP contribution in [0.4, 0.5) is 8.78 Å². The zero-order valence-electron chi connectivity index (χ0n) is 17.0. The number of Topliss-reactive ketones (excluding diaryl/α,β-unsaturated/α-hetero) is 2. The fourth-order valence-corrected chi connectivity index (χ4v) is 3.54. The second-order valence-electron chi connectivity index (χ2n) is 7.45. The number of fused-ring (bicyclic) bond motifs is 1. The summed E-state index contributed by atoms with van der Waals surface area (Å²) < 4.78 is 29.5. The van der Waals surface area contributed by atoms with Crippen LogP contribution in [-0.4, -0.2) is 51.4 Å². The van der Waals surface area contributed by atoms with Gasteiger partial charge in [-0.25, -0.2) is 8.78 Å². The zero-order valence-corrected chi connectivity index (χ0v) is 17.7. The lowest BCUT2D eigenvalue weighted by atomic mass is 9.93. The molecule has 0 radical (unpaired) electrons. The highest BCUT2D eigenvalue weighted by Gasteiger charge is 2.38. The van der Waals surface area contributed by atoms with Gasteiger partial charge >= 0.3 is 5.97 Å². The van der Waals surface area contributed by atoms with Crippen LogP contribution in [0.15, 0.2) is 18.2 Å². The van der Waals surface area contributed by atoms with Gasteiger partial charge in [-0.2, -0.15) is 0 Å². The maximum absolute atomic E-state index is 14.5. The Bertz CT molecular complexity index is 1050. The van der Waals surface area contributed by atoms with Crippen LogP contribution in [0.25, 0.3) is 10.9 Å². The summed E-state index contributed by atoms with van der Waals surface area (Å²) in [6.45, 7) is 3.05. The second-order valence-corrected chi connectivity index (χ2v) is 7.83. The Labute approximate surface area is 181 Å². The van der Waals surface area contributed by atoms with Gasteiger partial charge in [-0.3, -0.25) is 19.2 Å². The molecule has 1 aromatic carbocycles. The number of aryl methyl sites for hydroxylation is 1. The first-order valence-corrected chi connectivity index (χ1v) is 9.67. The summed E-state index contributed by atoms with van der Waals surface area (Å²) in [6, 6.07) is 0.648. The van der Waals surface area contributed by atoms with Crippen LogP contribution >= 0.6 is 11.6 Å². The van der Waals surface area contributed by atoms with E-state index < -0.39 is 59.9 Å². The maximum atomic E-state index is 14.5. The highest BCUT2D eigenvalue weighted by Crippen LogP contribution is 2.30. The van der Waals surface area contributed by atoms with Gasteiger partial charge in [0.1, 0.15) is 11.5 Å². The average Bonchev–Trinajstić information content (AvgIpc) is 2.93. The third kappa shape index (κ3) is 5.08. The molecular weight excluding hydrogens is 436 g/mol. The minimum Gasteiger partial charge on any atom is -0.481 e. The first-order chi connectivity index (χ1) is 14.4. The smallest absolute Gasteiger partial charge is 0.305 e. The second kappa shape index (κ2) is 9.52. The summed E-state index contributed by atoms with van der Waals surface area (Å²) in [5, 5.41) is 11.3. The molecule has 11 heteroatoms. The fourth-order valence-electron chi connectivity index (χ4n) is 3.17. The molecule has 1 amide bonds. The summed E-state index contributed by atoms with van der Waals surface area (Å²) >= 11 is 6.24. The zero-order chi connectivity index (χ0) is 23.6. The van der Waals surface area contributed by atoms with E-state index in [-0.39, 0.29) is 16.1 Å². The van der Waals surface area contributed by atoms with Gasteiger partial charge in [-0.1, -0.05) is 25.4 Å². The molecule has 0 saturated heterocycles. The summed E-state index contributed by atoms with van der Waals surface area (Å²) in [7, 11) is 1.51. The molecule has 3 atom stereocenters. The van der Waals surface area contributed by atoms with Crippen molar-refractivity contribution in [3.63, 3.8) is 0 Å². The SMILES string of the molecule is CC(C)[C@H](NC(=O)c1c(Cl)c2cc(F)ccc2n1C)C(=O)C(F)C(=O)C(N)CC(=O)O. The molecule has 0 aliphatic rings. The topological polar surface area (TPSA) is 131 Å². The van der Waals surface area contributed by atoms with Crippen LogP contribution in [0.2, 0.25) is 5.02 Å². The number of nitrogens with one attached hydrogen (secondary N) is 1. The Morgan fingerprint density at radius 3 is 2.39 bits per heavy atom. The molecule has 0 bridgehead atoms. The van der Waals surface area contributed by atoms with Crippen LogP contribution in [0.1, 0.15) is 30.8 Å². The number of amides is 1. The number of carboxylic acid groups (broad SMARTS) is 1. The minimum absolute atomic E-state index is 0.0548. The Morgan fingerprint density at radius 2 is 1.84 bits per heavy atom. The molecule has 0 saturated carbocycles. The van der Waals surface area contributed by atoms with Crippen molar-refractivity contribution in [2.75, 3.05) is 0 Å². The van der Waals surface area contributed by atoms with Crippen LogP contribution in [-0.2, 0) is 21.4 Å². The molecule has 0 aliphatic heterocycles. The summed E-state index contributed by atoms with van der Waals surface area (Å²) in [4.78, 5) is 48.1. The molecule has 2 rings (SSSR count). The normalized spacial score (nSPS) is 14.3. The minimum atomic E-state index is -2.71. The van der Waals surface area contributed by atoms with E-state index in [2.05, 4.69) is 5.32 Å². The van der Waals surface area contributed by atoms with Gasteiger partial charge in [-0.05, 0) is 24.1 Å². The van der Waals surface area contributed by atoms with Crippen LogP contribution in [0.5, 0.6) is 0 Å². The van der Waals surface area contributed by atoms with E-state index in [1.54, 1.807) is 0 Å². The number of carboxylic acids is 1. The van der Waals surface area contributed by atoms with Crippen molar-refractivity contribution in [3.05, 3.63) is 34.7 Å². The number of alkyl halides is 1. The average molecular weight is 458 g/mol. The molecule has 2 unspecified atom stereocenters. The van der Waals surface area contributed by atoms with Crippen molar-refractivity contribution < 1.29 is 33.1 Å². The predicted molar refractivity (Wildman–Crippen MR) is 109 cm³/mol. The highest BCUT2D eigenvalue weighted by atomic mass is 35.5. The van der Waals surface area contributed by atoms with Gasteiger partial charge in [0.2, 0.25) is 6.17 Å². The van der Waals surface area contributed by atoms with Gasteiger partial charge in [0, 0.05) is 12.4 Å². The van der Waals surface area contributed by atoms with Crippen molar-refractivity contribution >= 4 is 45.9 Å². The number of nitrogens with two attached hydrogens (primary N) is 1. The van der Waals surface area contributed by atoms with E-state index in [0.717, 1.165) is 6.07 Å². The molecule has 1 aromatic heterocycles. The van der Waals surface area contributed by atoms with E-state index in [9.17, 15) is 28.0 Å². The predicted octanol–water partition coefficient (Wildman–Crippen LogP) is 2.00. The Kier molecular flexibility index (Phi) is 7.50. The molecule has 0 spiro atoms. The number of benzene rings is 1. The standard InChI is InChI=1S/C20H22ClF2N3O5/c1-8(2)16(19(30)15(23)18(29)11(24)7-13(27)28)25-20(31)17-14(21)10-6-9(22)4-5-12(10)26(17)3/h4-6,8,11,15-16H,7,24H2,1-3H3,(H,25,31)(H,27,28)/t11?,15?,16-/m0/s1. The molecule has 4 N–H and O–H groups in total. The molecular formula is C20H22ClF2N3O5. The summed E-state index contributed by atoms with van der Waals surface area (Å²) in [5.74, 6) is -6.06. The first-order valence-electron chi connectivity index (χ1n) is 9.30. The van der Waals surface area contributed by atoms with Crippen molar-refractivity contribution in [1.82, 2.24) is 9.88 Å². The Balaban J connectivity index is 2.30. The van der Waals surface area contributed by atoms with Crippen molar-refractivity contribution in [1.29, 1.82) is 0 Å². The number of carbonyl (C=O) groups is 4. The maximum Gasteiger partial charge on any atom is 0.305 e. The van der Waals surface area contributed by atoms with Crippen LogP contribution < -0.4 is 11.1 Å². The third-order valence-electron chi connectivity index (χ3n) is 4.83. The number of halogens is 3. The lowest BCUT2D eigenvalue weighted by Gasteiger charge is -2.23. The van der Waals surface area contributed by atoms with E-state index in [0.29, 0.717) is 5.52 Å². The van der Waals surface area contributed by atoms with E-state index in [1.165, 1.54) is 37.6 Å². The number of aromatic nitrogens is 1. The molecule has 1 heterocycles. The third-order valence-corrected chi connectivity index (χ3v) is 5.22. The van der Waals surface area contributed by atoms with Gasteiger partial charge in [0.05, 0.1) is 29.0 Å². The number of hydrogen-bond acceptors (Lipinski definition) is 5. The van der Waals surface area contributed by atoms with Crippen molar-refractivity contribution in [2.24, 2.45) is 18.7 Å². The van der Waals surface area contributed by atoms with Crippen molar-refractivity contribution in [2.45, 2.75) is 38.5 Å². The quantitative estimate of drug-likeness (QED) is 0.493. The van der Waals surface area contributed by atoms with E-state index in [4.69, 9.17) is 22.4 Å². The summed E-state index contributed by atoms with van der Waals surface area (Å²) in [5.41, 5.74) is 5.74. The highest BCUT2D eigenvalue weighted by molar-refractivity contribution is 6.39. The van der Waals surface area contributed by atoms with E-state index >= 15 is 0 Å². The molecule has 0 aliphatic carbocycles. The molecule has 2 aromatic rings. The molecule has 31 heavy (non-hydrogen) atoms. The molecule has 0 fully saturated rings. The van der Waals surface area contributed by atoms with Crippen LogP contribution in [0, 0.1) is 11.7 Å². The molecule has 168 valence electrons. The lowest BCUT2D eigenvalue weighted by molar-refractivity contribution is -0.142.